The zero-order valence-electron chi connectivity index (χ0n) is 20.0. The van der Waals surface area contributed by atoms with E-state index in [4.69, 9.17) is 9.97 Å². The number of fused-ring (bicyclic) bond motifs is 1. The third-order valence-corrected chi connectivity index (χ3v) is 7.40. The van der Waals surface area contributed by atoms with E-state index in [1.54, 1.807) is 17.5 Å². The Morgan fingerprint density at radius 2 is 1.61 bits per heavy atom. The lowest BCUT2D eigenvalue weighted by atomic mass is 9.91. The second kappa shape index (κ2) is 9.43. The van der Waals surface area contributed by atoms with Crippen LogP contribution in [0.1, 0.15) is 28.8 Å². The molecule has 0 aliphatic heterocycles. The molecular formula is C29H24N6S. The number of aromatic nitrogens is 6. The molecule has 0 N–H and O–H groups in total. The van der Waals surface area contributed by atoms with Gasteiger partial charge in [-0.3, -0.25) is 4.98 Å². The lowest BCUT2D eigenvalue weighted by Gasteiger charge is -2.18. The van der Waals surface area contributed by atoms with E-state index in [2.05, 4.69) is 73.7 Å². The Kier molecular flexibility index (Phi) is 5.83. The summed E-state index contributed by atoms with van der Waals surface area (Å²) in [5, 5.41) is 12.2. The summed E-state index contributed by atoms with van der Waals surface area (Å²) < 4.78 is 2.07. The van der Waals surface area contributed by atoms with Crippen molar-refractivity contribution in [1.82, 2.24) is 29.7 Å². The van der Waals surface area contributed by atoms with Crippen LogP contribution in [0.2, 0.25) is 0 Å². The highest BCUT2D eigenvalue weighted by atomic mass is 32.1. The molecule has 6 aromatic rings. The van der Waals surface area contributed by atoms with Gasteiger partial charge in [-0.15, -0.1) is 21.5 Å². The molecule has 176 valence electrons. The van der Waals surface area contributed by atoms with Gasteiger partial charge in [0.25, 0.3) is 0 Å². The van der Waals surface area contributed by atoms with Crippen LogP contribution in [0.5, 0.6) is 0 Å². The molecule has 6 rings (SSSR count). The van der Waals surface area contributed by atoms with Crippen molar-refractivity contribution in [2.45, 2.75) is 19.3 Å². The Morgan fingerprint density at radius 3 is 2.31 bits per heavy atom. The minimum absolute atomic E-state index is 0.0180. The maximum atomic E-state index is 5.13. The molecule has 0 amide bonds. The van der Waals surface area contributed by atoms with Crippen LogP contribution in [0.4, 0.5) is 0 Å². The average molecular weight is 489 g/mol. The van der Waals surface area contributed by atoms with Crippen LogP contribution >= 0.6 is 11.3 Å². The van der Waals surface area contributed by atoms with Crippen LogP contribution in [0.15, 0.2) is 90.4 Å². The van der Waals surface area contributed by atoms with Gasteiger partial charge in [0.1, 0.15) is 22.2 Å². The van der Waals surface area contributed by atoms with Gasteiger partial charge in [0.2, 0.25) is 0 Å². The molecule has 0 aliphatic rings. The van der Waals surface area contributed by atoms with Crippen LogP contribution in [0.3, 0.4) is 0 Å². The molecule has 0 aliphatic carbocycles. The van der Waals surface area contributed by atoms with Crippen LogP contribution in [0, 0.1) is 6.92 Å². The standard InChI is InChI=1S/C29H24N6S/c1-19-33-34-28(35(19)2)22(20-11-5-3-6-12-20)17-25-26-23(21-13-7-4-8-14-21)18-36-29(26)32-27(31-25)24-15-9-10-16-30-24/h3-16,18,22H,17H2,1-2H3. The first kappa shape index (κ1) is 22.2. The van der Waals surface area contributed by atoms with Crippen molar-refractivity contribution >= 4 is 21.6 Å². The molecule has 0 fully saturated rings. The quantitative estimate of drug-likeness (QED) is 0.278. The van der Waals surface area contributed by atoms with Crippen LogP contribution in [-0.4, -0.2) is 29.7 Å². The molecule has 0 saturated carbocycles. The van der Waals surface area contributed by atoms with Gasteiger partial charge in [-0.2, -0.15) is 0 Å². The van der Waals surface area contributed by atoms with E-state index in [1.165, 1.54) is 5.56 Å². The highest BCUT2D eigenvalue weighted by Crippen LogP contribution is 2.38. The lowest BCUT2D eigenvalue weighted by Crippen LogP contribution is -2.13. The largest absolute Gasteiger partial charge is 0.318 e. The maximum absolute atomic E-state index is 5.13. The fourth-order valence-electron chi connectivity index (χ4n) is 4.57. The van der Waals surface area contributed by atoms with Crippen LogP contribution in [0.25, 0.3) is 32.9 Å². The molecule has 0 bridgehead atoms. The van der Waals surface area contributed by atoms with E-state index in [0.717, 1.165) is 44.4 Å². The zero-order chi connectivity index (χ0) is 24.5. The van der Waals surface area contributed by atoms with Crippen LogP contribution in [-0.2, 0) is 13.5 Å². The minimum Gasteiger partial charge on any atom is -0.318 e. The van der Waals surface area contributed by atoms with Crippen molar-refractivity contribution in [1.29, 1.82) is 0 Å². The van der Waals surface area contributed by atoms with Gasteiger partial charge >= 0.3 is 0 Å². The Hall–Kier alpha value is -4.23. The van der Waals surface area contributed by atoms with E-state index >= 15 is 0 Å². The van der Waals surface area contributed by atoms with Crippen molar-refractivity contribution in [3.8, 4) is 22.6 Å². The topological polar surface area (TPSA) is 69.4 Å². The van der Waals surface area contributed by atoms with Crippen molar-refractivity contribution in [3.63, 3.8) is 0 Å². The van der Waals surface area contributed by atoms with Gasteiger partial charge < -0.3 is 4.57 Å². The summed E-state index contributed by atoms with van der Waals surface area (Å²) in [7, 11) is 2.02. The van der Waals surface area contributed by atoms with Gasteiger partial charge in [0.15, 0.2) is 5.82 Å². The molecule has 0 spiro atoms. The normalized spacial score (nSPS) is 12.2. The van der Waals surface area contributed by atoms with Crippen LogP contribution < -0.4 is 0 Å². The summed E-state index contributed by atoms with van der Waals surface area (Å²) in [5.41, 5.74) is 5.23. The second-order valence-corrected chi connectivity index (χ2v) is 9.59. The summed E-state index contributed by atoms with van der Waals surface area (Å²) in [6, 6.07) is 26.8. The molecule has 0 radical (unpaired) electrons. The SMILES string of the molecule is Cc1nnc(C(Cc2nc(-c3ccccn3)nc3scc(-c4ccccc4)c23)c2ccccc2)n1C. The Labute approximate surface area is 213 Å². The summed E-state index contributed by atoms with van der Waals surface area (Å²) >= 11 is 1.65. The predicted molar refractivity (Wildman–Crippen MR) is 144 cm³/mol. The molecule has 2 aromatic carbocycles. The molecule has 6 nitrogen and oxygen atoms in total. The first-order valence-electron chi connectivity index (χ1n) is 11.8. The molecule has 4 aromatic heterocycles. The summed E-state index contributed by atoms with van der Waals surface area (Å²) in [6.45, 7) is 1.98. The highest BCUT2D eigenvalue weighted by molar-refractivity contribution is 7.17. The molecule has 36 heavy (non-hydrogen) atoms. The number of pyridine rings is 1. The van der Waals surface area contributed by atoms with E-state index in [9.17, 15) is 0 Å². The molecule has 1 unspecified atom stereocenters. The lowest BCUT2D eigenvalue weighted by molar-refractivity contribution is 0.673. The van der Waals surface area contributed by atoms with Crippen molar-refractivity contribution < 1.29 is 0 Å². The number of hydrogen-bond acceptors (Lipinski definition) is 6. The first-order valence-corrected chi connectivity index (χ1v) is 12.7. The molecular weight excluding hydrogens is 464 g/mol. The number of hydrogen-bond donors (Lipinski definition) is 0. The Morgan fingerprint density at radius 1 is 0.861 bits per heavy atom. The van der Waals surface area contributed by atoms with Crippen molar-refractivity contribution in [2.24, 2.45) is 7.05 Å². The van der Waals surface area contributed by atoms with Gasteiger partial charge in [-0.25, -0.2) is 9.97 Å². The fraction of sp³-hybridized carbons (Fsp3) is 0.138. The fourth-order valence-corrected chi connectivity index (χ4v) is 5.53. The smallest absolute Gasteiger partial charge is 0.179 e. The van der Waals surface area contributed by atoms with E-state index in [0.29, 0.717) is 12.2 Å². The Balaban J connectivity index is 1.57. The number of benzene rings is 2. The highest BCUT2D eigenvalue weighted by Gasteiger charge is 2.25. The molecule has 4 heterocycles. The second-order valence-electron chi connectivity index (χ2n) is 8.74. The Bertz CT molecular complexity index is 1620. The summed E-state index contributed by atoms with van der Waals surface area (Å²) in [6.07, 6.45) is 2.44. The third kappa shape index (κ3) is 4.07. The minimum atomic E-state index is -0.0180. The average Bonchev–Trinajstić information content (AvgIpc) is 3.52. The summed E-state index contributed by atoms with van der Waals surface area (Å²) in [4.78, 5) is 15.6. The van der Waals surface area contributed by atoms with Gasteiger partial charge in [-0.05, 0) is 30.2 Å². The maximum Gasteiger partial charge on any atom is 0.179 e. The van der Waals surface area contributed by atoms with E-state index in [-0.39, 0.29) is 5.92 Å². The number of rotatable bonds is 6. The van der Waals surface area contributed by atoms with Gasteiger partial charge in [0, 0.05) is 41.9 Å². The third-order valence-electron chi connectivity index (χ3n) is 6.52. The number of aryl methyl sites for hydroxylation is 1. The van der Waals surface area contributed by atoms with E-state index in [1.807, 2.05) is 44.3 Å². The number of thiophene rings is 1. The number of nitrogens with zero attached hydrogens (tertiary/aromatic N) is 6. The predicted octanol–water partition coefficient (Wildman–Crippen LogP) is 6.23. The molecule has 1 atom stereocenters. The monoisotopic (exact) mass is 488 g/mol. The summed E-state index contributed by atoms with van der Waals surface area (Å²) in [5.74, 6) is 2.42. The van der Waals surface area contributed by atoms with E-state index < -0.39 is 0 Å². The first-order chi connectivity index (χ1) is 17.7. The molecule has 7 heteroatoms. The van der Waals surface area contributed by atoms with Gasteiger partial charge in [-0.1, -0.05) is 66.7 Å². The zero-order valence-corrected chi connectivity index (χ0v) is 20.9. The molecule has 0 saturated heterocycles. The van der Waals surface area contributed by atoms with Gasteiger partial charge in [0.05, 0.1) is 5.69 Å². The van der Waals surface area contributed by atoms with Crippen molar-refractivity contribution in [2.75, 3.05) is 0 Å². The van der Waals surface area contributed by atoms with Crippen molar-refractivity contribution in [3.05, 3.63) is 113 Å².